The van der Waals surface area contributed by atoms with Gasteiger partial charge >= 0.3 is 5.97 Å². The number of amides is 2. The summed E-state index contributed by atoms with van der Waals surface area (Å²) in [5, 5.41) is 9.97. The predicted octanol–water partition coefficient (Wildman–Crippen LogP) is 1.32. The molecule has 0 aliphatic carbocycles. The number of anilines is 1. The number of ether oxygens (including phenoxy) is 2. The first-order chi connectivity index (χ1) is 12.3. The standard InChI is InChI=1S/C18H16ClNO6/c1-17-5-6-18(8-21,26-17)13-12(17)14(22)20(15(13)23)9-3-4-11(19)10(7-9)16(24)25-2/h3-7,12-13,21H,8H2,1-2H3/t12-,13+,17+,18-/m0/s1. The minimum absolute atomic E-state index is 0.0600. The van der Waals surface area contributed by atoms with Crippen molar-refractivity contribution in [2.24, 2.45) is 11.8 Å². The molecule has 3 heterocycles. The maximum absolute atomic E-state index is 13.1. The van der Waals surface area contributed by atoms with E-state index in [1.165, 1.54) is 25.3 Å². The zero-order valence-electron chi connectivity index (χ0n) is 14.1. The number of halogens is 1. The van der Waals surface area contributed by atoms with Gasteiger partial charge in [-0.15, -0.1) is 0 Å². The summed E-state index contributed by atoms with van der Waals surface area (Å²) in [6.07, 6.45) is 3.38. The molecule has 4 rings (SSSR count). The number of esters is 1. The smallest absolute Gasteiger partial charge is 0.339 e. The van der Waals surface area contributed by atoms with Crippen LogP contribution in [0.4, 0.5) is 5.69 Å². The molecule has 3 aliphatic rings. The highest BCUT2D eigenvalue weighted by Gasteiger charge is 2.72. The Bertz CT molecular complexity index is 882. The molecule has 1 N–H and O–H groups in total. The molecule has 4 atom stereocenters. The van der Waals surface area contributed by atoms with Crippen LogP contribution in [0.1, 0.15) is 17.3 Å². The SMILES string of the molecule is COC(=O)c1cc(N2C(=O)[C@@H]3[C@H](C2=O)[C@@]2(CO)C=C[C@@]3(C)O2)ccc1Cl. The van der Waals surface area contributed by atoms with Crippen LogP contribution >= 0.6 is 11.6 Å². The van der Waals surface area contributed by atoms with Gasteiger partial charge in [-0.05, 0) is 25.1 Å². The van der Waals surface area contributed by atoms with Crippen LogP contribution in [0, 0.1) is 11.8 Å². The van der Waals surface area contributed by atoms with Gasteiger partial charge in [0.25, 0.3) is 0 Å². The van der Waals surface area contributed by atoms with E-state index in [4.69, 9.17) is 16.3 Å². The number of carbonyl (C=O) groups excluding carboxylic acids is 3. The first-order valence-corrected chi connectivity index (χ1v) is 8.43. The van der Waals surface area contributed by atoms with Crippen LogP contribution in [0.25, 0.3) is 0 Å². The van der Waals surface area contributed by atoms with Crippen LogP contribution in [0.3, 0.4) is 0 Å². The molecule has 7 nitrogen and oxygen atoms in total. The lowest BCUT2D eigenvalue weighted by Crippen LogP contribution is -2.43. The number of methoxy groups -OCH3 is 1. The highest BCUT2D eigenvalue weighted by atomic mass is 35.5. The van der Waals surface area contributed by atoms with Gasteiger partial charge in [0.05, 0.1) is 47.4 Å². The second kappa shape index (κ2) is 5.39. The average Bonchev–Trinajstić information content (AvgIpc) is 3.21. The fourth-order valence-electron chi connectivity index (χ4n) is 4.21. The number of carbonyl (C=O) groups is 3. The summed E-state index contributed by atoms with van der Waals surface area (Å²) in [6.45, 7) is 1.32. The number of nitrogens with zero attached hydrogens (tertiary/aromatic N) is 1. The van der Waals surface area contributed by atoms with Gasteiger partial charge in [-0.2, -0.15) is 0 Å². The molecule has 2 amide bonds. The van der Waals surface area contributed by atoms with Crippen LogP contribution in [0.15, 0.2) is 30.4 Å². The van der Waals surface area contributed by atoms with Gasteiger partial charge in [-0.1, -0.05) is 23.8 Å². The van der Waals surface area contributed by atoms with Crippen LogP contribution < -0.4 is 4.90 Å². The van der Waals surface area contributed by atoms with Gasteiger partial charge in [-0.3, -0.25) is 9.59 Å². The largest absolute Gasteiger partial charge is 0.465 e. The Morgan fingerprint density at radius 1 is 1.31 bits per heavy atom. The summed E-state index contributed by atoms with van der Waals surface area (Å²) in [7, 11) is 1.22. The van der Waals surface area contributed by atoms with Crippen molar-refractivity contribution in [3.05, 3.63) is 40.9 Å². The molecule has 2 bridgehead atoms. The van der Waals surface area contributed by atoms with Gasteiger partial charge in [0.2, 0.25) is 11.8 Å². The first kappa shape index (κ1) is 17.2. The summed E-state index contributed by atoms with van der Waals surface area (Å²) in [4.78, 5) is 39.0. The monoisotopic (exact) mass is 377 g/mol. The lowest BCUT2D eigenvalue weighted by atomic mass is 9.73. The van der Waals surface area contributed by atoms with Crippen molar-refractivity contribution in [3.8, 4) is 0 Å². The van der Waals surface area contributed by atoms with E-state index in [2.05, 4.69) is 4.74 Å². The Morgan fingerprint density at radius 2 is 2.00 bits per heavy atom. The number of rotatable bonds is 3. The topological polar surface area (TPSA) is 93.1 Å². The van der Waals surface area contributed by atoms with Crippen molar-refractivity contribution < 1.29 is 29.0 Å². The Kier molecular flexibility index (Phi) is 3.57. The number of hydrogen-bond acceptors (Lipinski definition) is 6. The fourth-order valence-corrected chi connectivity index (χ4v) is 4.41. The molecule has 8 heteroatoms. The maximum Gasteiger partial charge on any atom is 0.339 e. The molecule has 26 heavy (non-hydrogen) atoms. The van der Waals surface area contributed by atoms with Gasteiger partial charge < -0.3 is 14.6 Å². The van der Waals surface area contributed by atoms with Crippen molar-refractivity contribution in [2.45, 2.75) is 18.1 Å². The molecule has 2 fully saturated rings. The van der Waals surface area contributed by atoms with Crippen LogP contribution in [0.2, 0.25) is 5.02 Å². The average molecular weight is 378 g/mol. The van der Waals surface area contributed by atoms with Crippen molar-refractivity contribution in [1.82, 2.24) is 0 Å². The van der Waals surface area contributed by atoms with Crippen molar-refractivity contribution in [1.29, 1.82) is 0 Å². The quantitative estimate of drug-likeness (QED) is 0.485. The normalized spacial score (nSPS) is 34.5. The first-order valence-electron chi connectivity index (χ1n) is 8.05. The summed E-state index contributed by atoms with van der Waals surface area (Å²) in [5.74, 6) is -3.11. The molecular formula is C18H16ClNO6. The van der Waals surface area contributed by atoms with E-state index in [1.807, 2.05) is 0 Å². The maximum atomic E-state index is 13.1. The number of fused-ring (bicyclic) bond motifs is 5. The van der Waals surface area contributed by atoms with Gasteiger partial charge in [0.1, 0.15) is 5.60 Å². The second-order valence-electron chi connectivity index (χ2n) is 6.86. The van der Waals surface area contributed by atoms with Gasteiger partial charge in [-0.25, -0.2) is 9.69 Å². The number of hydrogen-bond donors (Lipinski definition) is 1. The third-order valence-electron chi connectivity index (χ3n) is 5.42. The molecule has 0 radical (unpaired) electrons. The molecule has 136 valence electrons. The Morgan fingerprint density at radius 3 is 2.65 bits per heavy atom. The number of benzene rings is 1. The lowest BCUT2D eigenvalue weighted by molar-refractivity contribution is -0.131. The number of aliphatic hydroxyl groups is 1. The van der Waals surface area contributed by atoms with E-state index < -0.39 is 47.4 Å². The Labute approximate surface area is 154 Å². The molecule has 3 aliphatic heterocycles. The highest BCUT2D eigenvalue weighted by Crippen LogP contribution is 2.57. The van der Waals surface area contributed by atoms with Crippen molar-refractivity contribution >= 4 is 35.1 Å². The van der Waals surface area contributed by atoms with E-state index in [1.54, 1.807) is 19.1 Å². The van der Waals surface area contributed by atoms with E-state index in [9.17, 15) is 19.5 Å². The third kappa shape index (κ3) is 1.99. The lowest BCUT2D eigenvalue weighted by Gasteiger charge is -2.27. The van der Waals surface area contributed by atoms with E-state index in [0.29, 0.717) is 0 Å². The van der Waals surface area contributed by atoms with E-state index in [-0.39, 0.29) is 16.3 Å². The molecule has 2 saturated heterocycles. The Hall–Kier alpha value is -2.22. The predicted molar refractivity (Wildman–Crippen MR) is 90.7 cm³/mol. The molecule has 0 spiro atoms. The van der Waals surface area contributed by atoms with Crippen LogP contribution in [-0.4, -0.2) is 47.8 Å². The second-order valence-corrected chi connectivity index (χ2v) is 7.26. The van der Waals surface area contributed by atoms with Crippen molar-refractivity contribution in [2.75, 3.05) is 18.6 Å². The Balaban J connectivity index is 1.79. The summed E-state index contributed by atoms with van der Waals surface area (Å²) >= 11 is 6.02. The molecule has 0 unspecified atom stereocenters. The molecule has 1 aromatic carbocycles. The van der Waals surface area contributed by atoms with Gasteiger partial charge in [0, 0.05) is 0 Å². The van der Waals surface area contributed by atoms with Crippen LogP contribution in [0.5, 0.6) is 0 Å². The molecule has 0 aromatic heterocycles. The number of aliphatic hydroxyl groups excluding tert-OH is 1. The van der Waals surface area contributed by atoms with Crippen molar-refractivity contribution in [3.63, 3.8) is 0 Å². The summed E-state index contributed by atoms with van der Waals surface area (Å²) in [5.41, 5.74) is -1.86. The molecule has 1 aromatic rings. The molecule has 0 saturated carbocycles. The summed E-state index contributed by atoms with van der Waals surface area (Å²) < 4.78 is 10.5. The van der Waals surface area contributed by atoms with E-state index >= 15 is 0 Å². The molecular weight excluding hydrogens is 362 g/mol. The zero-order chi connectivity index (χ0) is 18.9. The highest BCUT2D eigenvalue weighted by molar-refractivity contribution is 6.34. The summed E-state index contributed by atoms with van der Waals surface area (Å²) in [6, 6.07) is 4.29. The van der Waals surface area contributed by atoms with E-state index in [0.717, 1.165) is 4.90 Å². The van der Waals surface area contributed by atoms with Crippen LogP contribution in [-0.2, 0) is 19.1 Å². The number of imide groups is 1. The van der Waals surface area contributed by atoms with Gasteiger partial charge in [0.15, 0.2) is 0 Å². The minimum Gasteiger partial charge on any atom is -0.465 e. The minimum atomic E-state index is -1.20. The fraction of sp³-hybridized carbons (Fsp3) is 0.389. The zero-order valence-corrected chi connectivity index (χ0v) is 14.8. The third-order valence-corrected chi connectivity index (χ3v) is 5.75.